The van der Waals surface area contributed by atoms with Gasteiger partial charge in [0.1, 0.15) is 5.69 Å². The second-order valence-corrected chi connectivity index (χ2v) is 5.37. The molecule has 0 aromatic carbocycles. The van der Waals surface area contributed by atoms with E-state index < -0.39 is 10.0 Å². The van der Waals surface area contributed by atoms with Crippen molar-refractivity contribution in [3.05, 3.63) is 18.3 Å². The number of hydrogen-bond acceptors (Lipinski definition) is 4. The molecule has 1 aliphatic rings. The monoisotopic (exact) mass is 228 g/mol. The lowest BCUT2D eigenvalue weighted by Crippen LogP contribution is -2.18. The van der Waals surface area contributed by atoms with Gasteiger partial charge in [0.2, 0.25) is 15.9 Å². The van der Waals surface area contributed by atoms with Gasteiger partial charge in [-0.3, -0.25) is 4.72 Å². The lowest BCUT2D eigenvalue weighted by Gasteiger charge is -2.09. The Balaban J connectivity index is 2.23. The smallest absolute Gasteiger partial charge is 0.238 e. The molecule has 0 radical (unpaired) electrons. The van der Waals surface area contributed by atoms with Crippen molar-refractivity contribution < 1.29 is 13.2 Å². The highest BCUT2D eigenvalue weighted by Gasteiger charge is 2.36. The summed E-state index contributed by atoms with van der Waals surface area (Å²) in [5.41, 5.74) is 0.395. The molecule has 0 saturated heterocycles. The van der Waals surface area contributed by atoms with E-state index in [4.69, 9.17) is 4.74 Å². The lowest BCUT2D eigenvalue weighted by molar-refractivity contribution is 0.400. The van der Waals surface area contributed by atoms with Gasteiger partial charge >= 0.3 is 0 Å². The van der Waals surface area contributed by atoms with Crippen LogP contribution in [0.3, 0.4) is 0 Å². The first kappa shape index (κ1) is 10.2. The minimum atomic E-state index is -3.24. The van der Waals surface area contributed by atoms with Crippen molar-refractivity contribution in [2.75, 3.05) is 11.8 Å². The first-order valence-electron chi connectivity index (χ1n) is 4.64. The Morgan fingerprint density at radius 2 is 2.27 bits per heavy atom. The predicted octanol–water partition coefficient (Wildman–Crippen LogP) is 0.994. The van der Waals surface area contributed by atoms with Crippen molar-refractivity contribution in [1.29, 1.82) is 0 Å². The summed E-state index contributed by atoms with van der Waals surface area (Å²) in [6, 6.07) is 3.29. The molecule has 6 heteroatoms. The second-order valence-electron chi connectivity index (χ2n) is 3.41. The Bertz CT molecular complexity index is 454. The Morgan fingerprint density at radius 3 is 2.87 bits per heavy atom. The fraction of sp³-hybridized carbons (Fsp3) is 0.444. The molecule has 2 rings (SSSR count). The topological polar surface area (TPSA) is 68.3 Å². The van der Waals surface area contributed by atoms with Crippen molar-refractivity contribution in [3.8, 4) is 5.88 Å². The first-order valence-corrected chi connectivity index (χ1v) is 6.19. The highest BCUT2D eigenvalue weighted by molar-refractivity contribution is 7.93. The van der Waals surface area contributed by atoms with Crippen LogP contribution in [0.5, 0.6) is 5.88 Å². The average molecular weight is 228 g/mol. The maximum absolute atomic E-state index is 11.6. The maximum atomic E-state index is 11.6. The number of rotatable bonds is 4. The SMILES string of the molecule is COc1ncccc1NS(=O)(=O)C1CC1. The molecule has 0 amide bonds. The maximum Gasteiger partial charge on any atom is 0.238 e. The molecule has 1 aromatic rings. The Labute approximate surface area is 88.5 Å². The van der Waals surface area contributed by atoms with Crippen molar-refractivity contribution >= 4 is 15.7 Å². The van der Waals surface area contributed by atoms with Crippen molar-refractivity contribution in [2.24, 2.45) is 0 Å². The van der Waals surface area contributed by atoms with Crippen LogP contribution in [0.2, 0.25) is 0 Å². The number of ether oxygens (including phenoxy) is 1. The van der Waals surface area contributed by atoms with Crippen LogP contribution < -0.4 is 9.46 Å². The summed E-state index contributed by atoms with van der Waals surface area (Å²) in [7, 11) is -1.79. The minimum Gasteiger partial charge on any atom is -0.480 e. The lowest BCUT2D eigenvalue weighted by atomic mass is 10.4. The Kier molecular flexibility index (Phi) is 2.52. The molecule has 82 valence electrons. The molecule has 15 heavy (non-hydrogen) atoms. The quantitative estimate of drug-likeness (QED) is 0.834. The fourth-order valence-corrected chi connectivity index (χ4v) is 2.63. The molecule has 0 atom stereocenters. The molecule has 0 bridgehead atoms. The Morgan fingerprint density at radius 1 is 1.53 bits per heavy atom. The largest absolute Gasteiger partial charge is 0.480 e. The van der Waals surface area contributed by atoms with Crippen LogP contribution in [-0.2, 0) is 10.0 Å². The zero-order valence-corrected chi connectivity index (χ0v) is 9.12. The van der Waals surface area contributed by atoms with Crippen molar-refractivity contribution in [3.63, 3.8) is 0 Å². The summed E-state index contributed by atoms with van der Waals surface area (Å²) in [6.07, 6.45) is 3.02. The van der Waals surface area contributed by atoms with E-state index in [0.29, 0.717) is 11.6 Å². The average Bonchev–Trinajstić information content (AvgIpc) is 3.01. The third kappa shape index (κ3) is 2.20. The standard InChI is InChI=1S/C9H12N2O3S/c1-14-9-8(3-2-6-10-9)11-15(12,13)7-4-5-7/h2-3,6-7,11H,4-5H2,1H3. The van der Waals surface area contributed by atoms with Crippen LogP contribution in [0, 0.1) is 0 Å². The van der Waals surface area contributed by atoms with Gasteiger partial charge in [-0.05, 0) is 25.0 Å². The van der Waals surface area contributed by atoms with E-state index in [0.717, 1.165) is 12.8 Å². The van der Waals surface area contributed by atoms with Gasteiger partial charge in [0.25, 0.3) is 0 Å². The van der Waals surface area contributed by atoms with Gasteiger partial charge in [-0.1, -0.05) is 0 Å². The van der Waals surface area contributed by atoms with Crippen LogP contribution in [0.4, 0.5) is 5.69 Å². The van der Waals surface area contributed by atoms with Gasteiger partial charge in [0, 0.05) is 6.20 Å². The molecule has 1 heterocycles. The predicted molar refractivity (Wildman–Crippen MR) is 56.4 cm³/mol. The van der Waals surface area contributed by atoms with Gasteiger partial charge in [-0.25, -0.2) is 13.4 Å². The molecule has 1 aromatic heterocycles. The highest BCUT2D eigenvalue weighted by Crippen LogP contribution is 2.31. The summed E-state index contributed by atoms with van der Waals surface area (Å²) in [6.45, 7) is 0. The molecule has 0 aliphatic heterocycles. The number of aromatic nitrogens is 1. The molecule has 1 N–H and O–H groups in total. The van der Waals surface area contributed by atoms with E-state index in [9.17, 15) is 8.42 Å². The van der Waals surface area contributed by atoms with E-state index in [2.05, 4.69) is 9.71 Å². The summed E-state index contributed by atoms with van der Waals surface area (Å²) in [5.74, 6) is 0.293. The van der Waals surface area contributed by atoms with E-state index in [1.54, 1.807) is 18.3 Å². The molecule has 0 unspecified atom stereocenters. The molecule has 1 fully saturated rings. The minimum absolute atomic E-state index is 0.248. The van der Waals surface area contributed by atoms with Crippen LogP contribution in [0.25, 0.3) is 0 Å². The molecular formula is C9H12N2O3S. The molecule has 5 nitrogen and oxygen atoms in total. The molecule has 1 aliphatic carbocycles. The summed E-state index contributed by atoms with van der Waals surface area (Å²) >= 11 is 0. The van der Waals surface area contributed by atoms with Crippen molar-refractivity contribution in [2.45, 2.75) is 18.1 Å². The van der Waals surface area contributed by atoms with Crippen LogP contribution in [0.1, 0.15) is 12.8 Å². The van der Waals surface area contributed by atoms with E-state index in [-0.39, 0.29) is 5.25 Å². The second kappa shape index (κ2) is 3.69. The number of nitrogens with one attached hydrogen (secondary N) is 1. The van der Waals surface area contributed by atoms with E-state index >= 15 is 0 Å². The molecule has 1 saturated carbocycles. The summed E-state index contributed by atoms with van der Waals surface area (Å²) < 4.78 is 30.7. The fourth-order valence-electron chi connectivity index (χ4n) is 1.25. The van der Waals surface area contributed by atoms with Crippen LogP contribution in [-0.4, -0.2) is 25.8 Å². The zero-order chi connectivity index (χ0) is 10.9. The van der Waals surface area contributed by atoms with Gasteiger partial charge in [-0.2, -0.15) is 0 Å². The number of anilines is 1. The number of pyridine rings is 1. The van der Waals surface area contributed by atoms with Gasteiger partial charge in [0.15, 0.2) is 0 Å². The third-order valence-electron chi connectivity index (χ3n) is 2.18. The van der Waals surface area contributed by atoms with Gasteiger partial charge in [0.05, 0.1) is 12.4 Å². The number of nitrogens with zero attached hydrogens (tertiary/aromatic N) is 1. The molecule has 0 spiro atoms. The third-order valence-corrected chi connectivity index (χ3v) is 4.03. The Hall–Kier alpha value is -1.30. The normalized spacial score (nSPS) is 16.1. The van der Waals surface area contributed by atoms with Gasteiger partial charge < -0.3 is 4.74 Å². The first-order chi connectivity index (χ1) is 7.13. The van der Waals surface area contributed by atoms with Gasteiger partial charge in [-0.15, -0.1) is 0 Å². The number of sulfonamides is 1. The summed E-state index contributed by atoms with van der Waals surface area (Å²) in [4.78, 5) is 3.91. The van der Waals surface area contributed by atoms with Crippen LogP contribution in [0.15, 0.2) is 18.3 Å². The highest BCUT2D eigenvalue weighted by atomic mass is 32.2. The van der Waals surface area contributed by atoms with E-state index in [1.807, 2.05) is 0 Å². The molecular weight excluding hydrogens is 216 g/mol. The number of hydrogen-bond donors (Lipinski definition) is 1. The zero-order valence-electron chi connectivity index (χ0n) is 8.30. The van der Waals surface area contributed by atoms with Crippen molar-refractivity contribution in [1.82, 2.24) is 4.98 Å². The number of methoxy groups -OCH3 is 1. The summed E-state index contributed by atoms with van der Waals surface area (Å²) in [5, 5.41) is -0.248. The van der Waals surface area contributed by atoms with E-state index in [1.165, 1.54) is 7.11 Å². The van der Waals surface area contributed by atoms with Crippen LogP contribution >= 0.6 is 0 Å².